The third kappa shape index (κ3) is 13.9. The molecule has 17 heavy (non-hydrogen) atoms. The quantitative estimate of drug-likeness (QED) is 0.480. The van der Waals surface area contributed by atoms with Crippen LogP contribution in [-0.4, -0.2) is 12.6 Å². The topological polar surface area (TPSA) is 52.0 Å². The molecule has 2 heteroatoms. The van der Waals surface area contributed by atoms with Crippen LogP contribution in [0.2, 0.25) is 0 Å². The van der Waals surface area contributed by atoms with Gasteiger partial charge in [0, 0.05) is 6.04 Å². The van der Waals surface area contributed by atoms with Gasteiger partial charge < -0.3 is 11.5 Å². The Balaban J connectivity index is 2.98. The van der Waals surface area contributed by atoms with Crippen LogP contribution in [0.1, 0.15) is 84.0 Å². The maximum absolute atomic E-state index is 5.98. The first-order valence-electron chi connectivity index (χ1n) is 7.77. The summed E-state index contributed by atoms with van der Waals surface area (Å²) in [5, 5.41) is 0. The van der Waals surface area contributed by atoms with E-state index in [1.807, 2.05) is 0 Å². The van der Waals surface area contributed by atoms with Crippen molar-refractivity contribution in [1.29, 1.82) is 0 Å². The molecule has 0 amide bonds. The van der Waals surface area contributed by atoms with Crippen molar-refractivity contribution in [3.8, 4) is 0 Å². The largest absolute Gasteiger partial charge is 0.330 e. The van der Waals surface area contributed by atoms with Crippen LogP contribution in [0.5, 0.6) is 0 Å². The van der Waals surface area contributed by atoms with Gasteiger partial charge in [-0.15, -0.1) is 0 Å². The van der Waals surface area contributed by atoms with Crippen molar-refractivity contribution in [2.75, 3.05) is 6.54 Å². The summed E-state index contributed by atoms with van der Waals surface area (Å²) in [6.45, 7) is 3.07. The average molecular weight is 242 g/mol. The Morgan fingerprint density at radius 1 is 0.706 bits per heavy atom. The third-order valence-electron chi connectivity index (χ3n) is 3.44. The summed E-state index contributed by atoms with van der Waals surface area (Å²) in [4.78, 5) is 0. The monoisotopic (exact) mass is 242 g/mol. The number of rotatable bonds is 13. The minimum atomic E-state index is 0.455. The lowest BCUT2D eigenvalue weighted by Gasteiger charge is -2.09. The van der Waals surface area contributed by atoms with Gasteiger partial charge in [-0.3, -0.25) is 0 Å². The molecule has 0 saturated carbocycles. The van der Waals surface area contributed by atoms with Crippen molar-refractivity contribution in [1.82, 2.24) is 0 Å². The summed E-state index contributed by atoms with van der Waals surface area (Å²) < 4.78 is 0. The van der Waals surface area contributed by atoms with Crippen LogP contribution in [0.15, 0.2) is 0 Å². The molecule has 0 aromatic rings. The Morgan fingerprint density at radius 3 is 1.65 bits per heavy atom. The van der Waals surface area contributed by atoms with Crippen LogP contribution in [0.3, 0.4) is 0 Å². The van der Waals surface area contributed by atoms with Crippen LogP contribution in [-0.2, 0) is 0 Å². The van der Waals surface area contributed by atoms with E-state index in [9.17, 15) is 0 Å². The summed E-state index contributed by atoms with van der Waals surface area (Å²) in [5.74, 6) is 0. The predicted molar refractivity (Wildman–Crippen MR) is 78.1 cm³/mol. The molecule has 0 spiro atoms. The fourth-order valence-corrected chi connectivity index (χ4v) is 2.30. The van der Waals surface area contributed by atoms with E-state index in [1.54, 1.807) is 0 Å². The first kappa shape index (κ1) is 16.9. The molecule has 0 radical (unpaired) electrons. The van der Waals surface area contributed by atoms with Crippen molar-refractivity contribution in [3.05, 3.63) is 0 Å². The molecule has 0 aromatic carbocycles. The number of nitrogens with two attached hydrogens (primary N) is 2. The normalized spacial score (nSPS) is 12.9. The van der Waals surface area contributed by atoms with E-state index in [-0.39, 0.29) is 0 Å². The lowest BCUT2D eigenvalue weighted by molar-refractivity contribution is 0.502. The molecule has 1 atom stereocenters. The van der Waals surface area contributed by atoms with Gasteiger partial charge in [0.1, 0.15) is 0 Å². The van der Waals surface area contributed by atoms with Crippen molar-refractivity contribution in [2.45, 2.75) is 90.0 Å². The van der Waals surface area contributed by atoms with E-state index in [0.717, 1.165) is 6.54 Å². The summed E-state index contributed by atoms with van der Waals surface area (Å²) in [7, 11) is 0. The van der Waals surface area contributed by atoms with Crippen LogP contribution in [0, 0.1) is 0 Å². The molecule has 2 nitrogen and oxygen atoms in total. The molecule has 1 unspecified atom stereocenters. The molecule has 0 rings (SSSR count). The third-order valence-corrected chi connectivity index (χ3v) is 3.44. The van der Waals surface area contributed by atoms with Crippen LogP contribution in [0.25, 0.3) is 0 Å². The van der Waals surface area contributed by atoms with Gasteiger partial charge in [0.05, 0.1) is 0 Å². The maximum Gasteiger partial charge on any atom is 0.00387 e. The molecule has 0 fully saturated rings. The summed E-state index contributed by atoms with van der Waals surface area (Å²) in [5.41, 5.74) is 11.4. The van der Waals surface area contributed by atoms with Gasteiger partial charge in [0.15, 0.2) is 0 Å². The van der Waals surface area contributed by atoms with Gasteiger partial charge in [0.25, 0.3) is 0 Å². The molecule has 4 N–H and O–H groups in total. The molecule has 0 aliphatic heterocycles. The molecular formula is C15H34N2. The highest BCUT2D eigenvalue weighted by Gasteiger charge is 2.00. The molecular weight excluding hydrogens is 208 g/mol. The maximum atomic E-state index is 5.98. The van der Waals surface area contributed by atoms with Crippen LogP contribution in [0.4, 0.5) is 0 Å². The molecule has 0 aliphatic carbocycles. The summed E-state index contributed by atoms with van der Waals surface area (Å²) in [6.07, 6.45) is 15.9. The van der Waals surface area contributed by atoms with Gasteiger partial charge >= 0.3 is 0 Å². The summed E-state index contributed by atoms with van der Waals surface area (Å²) >= 11 is 0. The van der Waals surface area contributed by atoms with E-state index in [2.05, 4.69) is 6.92 Å². The van der Waals surface area contributed by atoms with Gasteiger partial charge in [0.2, 0.25) is 0 Å². The minimum absolute atomic E-state index is 0.455. The van der Waals surface area contributed by atoms with Crippen molar-refractivity contribution < 1.29 is 0 Å². The zero-order chi connectivity index (χ0) is 12.8. The fourth-order valence-electron chi connectivity index (χ4n) is 2.30. The zero-order valence-electron chi connectivity index (χ0n) is 11.9. The number of hydrogen-bond acceptors (Lipinski definition) is 2. The van der Waals surface area contributed by atoms with E-state index < -0.39 is 0 Å². The SMILES string of the molecule is CCCC(N)CCCCCCCCCCCN. The second-order valence-corrected chi connectivity index (χ2v) is 5.31. The molecule has 0 aliphatic rings. The average Bonchev–Trinajstić information content (AvgIpc) is 2.32. The Hall–Kier alpha value is -0.0800. The second kappa shape index (κ2) is 14.0. The highest BCUT2D eigenvalue weighted by molar-refractivity contribution is 4.60. The molecule has 0 aromatic heterocycles. The molecule has 104 valence electrons. The van der Waals surface area contributed by atoms with Crippen LogP contribution >= 0.6 is 0 Å². The van der Waals surface area contributed by atoms with Crippen molar-refractivity contribution >= 4 is 0 Å². The minimum Gasteiger partial charge on any atom is -0.330 e. The lowest BCUT2D eigenvalue weighted by atomic mass is 10.0. The van der Waals surface area contributed by atoms with Gasteiger partial charge in [-0.1, -0.05) is 64.7 Å². The highest BCUT2D eigenvalue weighted by Crippen LogP contribution is 2.11. The standard InChI is InChI=1S/C15H34N2/c1-2-12-15(17)13-10-8-6-4-3-5-7-9-11-14-16/h15H,2-14,16-17H2,1H3. The lowest BCUT2D eigenvalue weighted by Crippen LogP contribution is -2.18. The van der Waals surface area contributed by atoms with Gasteiger partial charge in [-0.05, 0) is 25.8 Å². The fraction of sp³-hybridized carbons (Fsp3) is 1.00. The molecule has 0 heterocycles. The molecule has 0 saturated heterocycles. The zero-order valence-corrected chi connectivity index (χ0v) is 11.9. The smallest absolute Gasteiger partial charge is 0.00387 e. The molecule has 0 bridgehead atoms. The predicted octanol–water partition coefficient (Wildman–Crippen LogP) is 3.97. The van der Waals surface area contributed by atoms with E-state index in [4.69, 9.17) is 11.5 Å². The van der Waals surface area contributed by atoms with E-state index >= 15 is 0 Å². The van der Waals surface area contributed by atoms with Crippen LogP contribution < -0.4 is 11.5 Å². The Labute approximate surface area is 109 Å². The van der Waals surface area contributed by atoms with E-state index in [1.165, 1.54) is 77.0 Å². The Kier molecular flexibility index (Phi) is 13.9. The highest BCUT2D eigenvalue weighted by atomic mass is 14.6. The Bertz CT molecular complexity index is 137. The summed E-state index contributed by atoms with van der Waals surface area (Å²) in [6, 6.07) is 0.455. The first-order valence-corrected chi connectivity index (χ1v) is 7.77. The van der Waals surface area contributed by atoms with Gasteiger partial charge in [-0.2, -0.15) is 0 Å². The van der Waals surface area contributed by atoms with Crippen molar-refractivity contribution in [2.24, 2.45) is 11.5 Å². The van der Waals surface area contributed by atoms with Gasteiger partial charge in [-0.25, -0.2) is 0 Å². The number of unbranched alkanes of at least 4 members (excludes halogenated alkanes) is 8. The van der Waals surface area contributed by atoms with E-state index in [0.29, 0.717) is 6.04 Å². The number of hydrogen-bond donors (Lipinski definition) is 2. The first-order chi connectivity index (χ1) is 8.31. The second-order valence-electron chi connectivity index (χ2n) is 5.31. The van der Waals surface area contributed by atoms with Crippen molar-refractivity contribution in [3.63, 3.8) is 0 Å². The Morgan fingerprint density at radius 2 is 1.18 bits per heavy atom.